The Labute approximate surface area is 122 Å². The molecule has 21 heavy (non-hydrogen) atoms. The van der Waals surface area contributed by atoms with Gasteiger partial charge < -0.3 is 0 Å². The predicted molar refractivity (Wildman–Crippen MR) is 78.4 cm³/mol. The molecule has 5 heteroatoms. The van der Waals surface area contributed by atoms with Crippen molar-refractivity contribution in [3.63, 3.8) is 0 Å². The Morgan fingerprint density at radius 1 is 1.14 bits per heavy atom. The van der Waals surface area contributed by atoms with Crippen molar-refractivity contribution in [2.24, 2.45) is 0 Å². The molecule has 0 heterocycles. The summed E-state index contributed by atoms with van der Waals surface area (Å²) in [6.07, 6.45) is 1.05. The summed E-state index contributed by atoms with van der Waals surface area (Å²) < 4.78 is 38.3. The van der Waals surface area contributed by atoms with Gasteiger partial charge in [-0.05, 0) is 31.2 Å². The number of hydrogen-bond donors (Lipinski definition) is 0. The van der Waals surface area contributed by atoms with Gasteiger partial charge in [-0.2, -0.15) is 5.26 Å². The molecule has 0 saturated carbocycles. The highest BCUT2D eigenvalue weighted by Crippen LogP contribution is 2.22. The fraction of sp³-hybridized carbons (Fsp3) is 0.0625. The minimum atomic E-state index is -3.95. The zero-order valence-electron chi connectivity index (χ0n) is 11.2. The topological polar surface area (TPSA) is 57.9 Å². The second kappa shape index (κ2) is 5.90. The molecule has 2 rings (SSSR count). The maximum Gasteiger partial charge on any atom is 0.216 e. The summed E-state index contributed by atoms with van der Waals surface area (Å²) >= 11 is 0. The molecule has 0 atom stereocenters. The Hall–Kier alpha value is -2.45. The van der Waals surface area contributed by atoms with Gasteiger partial charge in [0.15, 0.2) is 0 Å². The monoisotopic (exact) mass is 301 g/mol. The van der Waals surface area contributed by atoms with Crippen LogP contribution in [0.25, 0.3) is 6.08 Å². The van der Waals surface area contributed by atoms with Crippen LogP contribution >= 0.6 is 0 Å². The third-order valence-corrected chi connectivity index (χ3v) is 4.60. The molecule has 2 aromatic carbocycles. The second-order valence-corrected chi connectivity index (χ2v) is 6.38. The molecule has 0 aliphatic heterocycles. The summed E-state index contributed by atoms with van der Waals surface area (Å²) in [5, 5.41) is 9.11. The van der Waals surface area contributed by atoms with Crippen LogP contribution < -0.4 is 0 Å². The van der Waals surface area contributed by atoms with Crippen molar-refractivity contribution in [1.29, 1.82) is 5.26 Å². The maximum absolute atomic E-state index is 13.6. The van der Waals surface area contributed by atoms with Gasteiger partial charge in [0, 0.05) is 5.56 Å². The van der Waals surface area contributed by atoms with Gasteiger partial charge in [0.2, 0.25) is 9.84 Å². The molecular formula is C16H12FNO2S. The van der Waals surface area contributed by atoms with E-state index >= 15 is 0 Å². The number of allylic oxidation sites excluding steroid dienone is 1. The lowest BCUT2D eigenvalue weighted by molar-refractivity contribution is 0.603. The summed E-state index contributed by atoms with van der Waals surface area (Å²) in [7, 11) is -3.95. The zero-order valence-corrected chi connectivity index (χ0v) is 12.1. The fourth-order valence-corrected chi connectivity index (χ4v) is 2.90. The van der Waals surface area contributed by atoms with Crippen LogP contribution in [0, 0.1) is 24.1 Å². The van der Waals surface area contributed by atoms with Gasteiger partial charge in [-0.3, -0.25) is 0 Å². The van der Waals surface area contributed by atoms with E-state index in [1.54, 1.807) is 24.3 Å². The number of nitrogens with zero attached hydrogens (tertiary/aromatic N) is 1. The van der Waals surface area contributed by atoms with Crippen molar-refractivity contribution >= 4 is 15.9 Å². The molecule has 0 fully saturated rings. The highest BCUT2D eigenvalue weighted by molar-refractivity contribution is 7.95. The summed E-state index contributed by atoms with van der Waals surface area (Å²) in [6.45, 7) is 1.83. The van der Waals surface area contributed by atoms with Crippen LogP contribution in [-0.2, 0) is 9.84 Å². The first kappa shape index (κ1) is 14.9. The van der Waals surface area contributed by atoms with Crippen LogP contribution in [0.1, 0.15) is 11.1 Å². The molecule has 0 aromatic heterocycles. The third kappa shape index (κ3) is 3.18. The van der Waals surface area contributed by atoms with E-state index in [1.807, 2.05) is 6.92 Å². The average molecular weight is 301 g/mol. The van der Waals surface area contributed by atoms with Gasteiger partial charge in [0.1, 0.15) is 16.8 Å². The molecule has 3 nitrogen and oxygen atoms in total. The number of hydrogen-bond acceptors (Lipinski definition) is 3. The number of halogens is 1. The molecule has 0 radical (unpaired) electrons. The number of aryl methyl sites for hydroxylation is 1. The number of sulfone groups is 1. The van der Waals surface area contributed by atoms with Gasteiger partial charge in [-0.25, -0.2) is 12.8 Å². The summed E-state index contributed by atoms with van der Waals surface area (Å²) in [5.74, 6) is -0.579. The zero-order chi connectivity index (χ0) is 15.5. The van der Waals surface area contributed by atoms with E-state index in [0.717, 1.165) is 11.6 Å². The SMILES string of the molecule is Cc1ccc(S(=O)(=O)/C(C#N)=C/c2ccccc2F)cc1. The summed E-state index contributed by atoms with van der Waals surface area (Å²) in [5.41, 5.74) is 0.968. The quantitative estimate of drug-likeness (QED) is 0.816. The van der Waals surface area contributed by atoms with E-state index in [2.05, 4.69) is 0 Å². The van der Waals surface area contributed by atoms with Crippen LogP contribution in [-0.4, -0.2) is 8.42 Å². The van der Waals surface area contributed by atoms with Gasteiger partial charge >= 0.3 is 0 Å². The van der Waals surface area contributed by atoms with Crippen molar-refractivity contribution in [1.82, 2.24) is 0 Å². The van der Waals surface area contributed by atoms with Crippen molar-refractivity contribution in [3.8, 4) is 6.07 Å². The predicted octanol–water partition coefficient (Wildman–Crippen LogP) is 3.47. The summed E-state index contributed by atoms with van der Waals surface area (Å²) in [6, 6.07) is 13.5. The van der Waals surface area contributed by atoms with E-state index in [4.69, 9.17) is 5.26 Å². The first-order chi connectivity index (χ1) is 9.95. The Morgan fingerprint density at radius 2 is 1.76 bits per heavy atom. The van der Waals surface area contributed by atoms with Gasteiger partial charge in [0.25, 0.3) is 0 Å². The first-order valence-corrected chi connectivity index (χ1v) is 7.61. The normalized spacial score (nSPS) is 12.0. The van der Waals surface area contributed by atoms with E-state index in [9.17, 15) is 12.8 Å². The van der Waals surface area contributed by atoms with Crippen molar-refractivity contribution < 1.29 is 12.8 Å². The first-order valence-electron chi connectivity index (χ1n) is 6.13. The van der Waals surface area contributed by atoms with Crippen molar-refractivity contribution in [2.45, 2.75) is 11.8 Å². The van der Waals surface area contributed by atoms with Crippen molar-refractivity contribution in [2.75, 3.05) is 0 Å². The third-order valence-electron chi connectivity index (χ3n) is 2.92. The highest BCUT2D eigenvalue weighted by atomic mass is 32.2. The Bertz CT molecular complexity index is 831. The molecule has 0 spiro atoms. The van der Waals surface area contributed by atoms with E-state index in [0.29, 0.717) is 0 Å². The van der Waals surface area contributed by atoms with E-state index in [1.165, 1.54) is 30.3 Å². The van der Waals surface area contributed by atoms with Crippen LogP contribution in [0.2, 0.25) is 0 Å². The maximum atomic E-state index is 13.6. The lowest BCUT2D eigenvalue weighted by Gasteiger charge is -2.04. The van der Waals surface area contributed by atoms with Crippen LogP contribution in [0.3, 0.4) is 0 Å². The number of nitriles is 1. The Balaban J connectivity index is 2.53. The smallest absolute Gasteiger partial charge is 0.216 e. The molecule has 0 aliphatic carbocycles. The van der Waals surface area contributed by atoms with Gasteiger partial charge in [0.05, 0.1) is 4.90 Å². The standard InChI is InChI=1S/C16H12FNO2S/c1-12-6-8-14(9-7-12)21(19,20)15(11-18)10-13-4-2-3-5-16(13)17/h2-10H,1H3/b15-10+. The highest BCUT2D eigenvalue weighted by Gasteiger charge is 2.21. The van der Waals surface area contributed by atoms with Gasteiger partial charge in [-0.1, -0.05) is 35.9 Å². The Kier molecular flexibility index (Phi) is 4.20. The number of benzene rings is 2. The molecule has 0 saturated heterocycles. The Morgan fingerprint density at radius 3 is 2.33 bits per heavy atom. The van der Waals surface area contributed by atoms with Gasteiger partial charge in [-0.15, -0.1) is 0 Å². The minimum Gasteiger partial charge on any atom is -0.218 e. The molecule has 0 aliphatic rings. The molecule has 106 valence electrons. The molecule has 0 bridgehead atoms. The minimum absolute atomic E-state index is 0.0113. The largest absolute Gasteiger partial charge is 0.218 e. The van der Waals surface area contributed by atoms with Crippen LogP contribution in [0.15, 0.2) is 58.3 Å². The second-order valence-electron chi connectivity index (χ2n) is 4.46. The number of rotatable bonds is 3. The average Bonchev–Trinajstić information content (AvgIpc) is 2.46. The molecular weight excluding hydrogens is 289 g/mol. The summed E-state index contributed by atoms with van der Waals surface area (Å²) in [4.78, 5) is -0.478. The lowest BCUT2D eigenvalue weighted by Crippen LogP contribution is -2.03. The lowest BCUT2D eigenvalue weighted by atomic mass is 10.2. The molecule has 0 amide bonds. The van der Waals surface area contributed by atoms with Crippen LogP contribution in [0.4, 0.5) is 4.39 Å². The molecule has 0 N–H and O–H groups in total. The fourth-order valence-electron chi connectivity index (χ4n) is 1.75. The molecule has 0 unspecified atom stereocenters. The van der Waals surface area contributed by atoms with Crippen molar-refractivity contribution in [3.05, 3.63) is 70.4 Å². The molecule has 2 aromatic rings. The van der Waals surface area contributed by atoms with Crippen LogP contribution in [0.5, 0.6) is 0 Å². The van der Waals surface area contributed by atoms with E-state index in [-0.39, 0.29) is 10.5 Å². The van der Waals surface area contributed by atoms with E-state index < -0.39 is 20.6 Å².